The van der Waals surface area contributed by atoms with E-state index in [9.17, 15) is 22.8 Å². The van der Waals surface area contributed by atoms with E-state index >= 15 is 0 Å². The van der Waals surface area contributed by atoms with Crippen molar-refractivity contribution in [2.45, 2.75) is 13.0 Å². The second-order valence-corrected chi connectivity index (χ2v) is 6.41. The maximum absolute atomic E-state index is 13.3. The summed E-state index contributed by atoms with van der Waals surface area (Å²) in [5.41, 5.74) is 0.686. The standard InChI is InChI=1S/C18H14ClF3N2O2/c19-15-7-14(1-2-16(15)22)24-9-11(5-17(24)25)18(26)23-8-10-3-12(20)6-13(21)4-10/h1-4,6-7,11H,5,8-9H2,(H,23,26)/t11-/m0/s1. The van der Waals surface area contributed by atoms with Crippen LogP contribution in [0.2, 0.25) is 5.02 Å². The Kier molecular flexibility index (Phi) is 5.18. The highest BCUT2D eigenvalue weighted by atomic mass is 35.5. The van der Waals surface area contributed by atoms with Crippen LogP contribution in [0.1, 0.15) is 12.0 Å². The highest BCUT2D eigenvalue weighted by molar-refractivity contribution is 6.31. The summed E-state index contributed by atoms with van der Waals surface area (Å²) in [4.78, 5) is 25.8. The number of benzene rings is 2. The summed E-state index contributed by atoms with van der Waals surface area (Å²) in [6.45, 7) is 0.0602. The smallest absolute Gasteiger partial charge is 0.227 e. The summed E-state index contributed by atoms with van der Waals surface area (Å²) in [6, 6.07) is 6.87. The number of nitrogens with one attached hydrogen (secondary N) is 1. The highest BCUT2D eigenvalue weighted by Gasteiger charge is 2.35. The molecule has 136 valence electrons. The number of nitrogens with zero attached hydrogens (tertiary/aromatic N) is 1. The van der Waals surface area contributed by atoms with Crippen LogP contribution in [0.5, 0.6) is 0 Å². The van der Waals surface area contributed by atoms with Crippen molar-refractivity contribution in [3.05, 3.63) is 64.4 Å². The van der Waals surface area contributed by atoms with Gasteiger partial charge >= 0.3 is 0 Å². The van der Waals surface area contributed by atoms with Crippen LogP contribution < -0.4 is 10.2 Å². The van der Waals surface area contributed by atoms with E-state index in [1.165, 1.54) is 17.0 Å². The van der Waals surface area contributed by atoms with Crippen molar-refractivity contribution in [3.8, 4) is 0 Å². The molecule has 1 aliphatic rings. The molecule has 3 rings (SSSR count). The molecule has 2 aromatic rings. The van der Waals surface area contributed by atoms with Crippen molar-refractivity contribution in [2.24, 2.45) is 5.92 Å². The number of anilines is 1. The lowest BCUT2D eigenvalue weighted by Gasteiger charge is -2.17. The fourth-order valence-corrected chi connectivity index (χ4v) is 3.01. The van der Waals surface area contributed by atoms with Crippen LogP contribution in [0.25, 0.3) is 0 Å². The van der Waals surface area contributed by atoms with Gasteiger partial charge in [-0.1, -0.05) is 11.6 Å². The number of amides is 2. The van der Waals surface area contributed by atoms with Gasteiger partial charge in [0.1, 0.15) is 17.5 Å². The van der Waals surface area contributed by atoms with E-state index in [4.69, 9.17) is 11.6 Å². The molecule has 0 unspecified atom stereocenters. The minimum absolute atomic E-state index is 0.0155. The van der Waals surface area contributed by atoms with E-state index in [1.54, 1.807) is 0 Å². The highest BCUT2D eigenvalue weighted by Crippen LogP contribution is 2.28. The summed E-state index contributed by atoms with van der Waals surface area (Å²) in [7, 11) is 0. The first kappa shape index (κ1) is 18.3. The maximum atomic E-state index is 13.3. The summed E-state index contributed by atoms with van der Waals surface area (Å²) >= 11 is 5.73. The SMILES string of the molecule is O=C(NCc1cc(F)cc(F)c1)[C@H]1CC(=O)N(c2ccc(F)c(Cl)c2)C1. The average Bonchev–Trinajstić information content (AvgIpc) is 2.96. The normalized spacial score (nSPS) is 16.8. The van der Waals surface area contributed by atoms with Gasteiger partial charge in [0.15, 0.2) is 0 Å². The lowest BCUT2D eigenvalue weighted by atomic mass is 10.1. The van der Waals surface area contributed by atoms with E-state index < -0.39 is 29.3 Å². The first-order valence-corrected chi connectivity index (χ1v) is 8.19. The predicted molar refractivity (Wildman–Crippen MR) is 90.1 cm³/mol. The first-order chi connectivity index (χ1) is 12.3. The van der Waals surface area contributed by atoms with Crippen molar-refractivity contribution in [1.29, 1.82) is 0 Å². The molecule has 1 N–H and O–H groups in total. The Bertz CT molecular complexity index is 855. The van der Waals surface area contributed by atoms with Gasteiger partial charge in [0, 0.05) is 31.3 Å². The third kappa shape index (κ3) is 3.99. The molecule has 8 heteroatoms. The van der Waals surface area contributed by atoms with Gasteiger partial charge in [-0.3, -0.25) is 9.59 Å². The monoisotopic (exact) mass is 382 g/mol. The summed E-state index contributed by atoms with van der Waals surface area (Å²) in [5, 5.41) is 2.46. The molecular weight excluding hydrogens is 369 g/mol. The number of hydrogen-bond acceptors (Lipinski definition) is 2. The number of halogens is 4. The van der Waals surface area contributed by atoms with E-state index in [1.807, 2.05) is 0 Å². The van der Waals surface area contributed by atoms with Crippen molar-refractivity contribution in [2.75, 3.05) is 11.4 Å². The Labute approximate surface area is 152 Å². The molecule has 1 aliphatic heterocycles. The lowest BCUT2D eigenvalue weighted by Crippen LogP contribution is -2.32. The Morgan fingerprint density at radius 3 is 2.50 bits per heavy atom. The van der Waals surface area contributed by atoms with E-state index in [2.05, 4.69) is 5.32 Å². The van der Waals surface area contributed by atoms with Gasteiger partial charge in [-0.05, 0) is 35.9 Å². The van der Waals surface area contributed by atoms with Crippen LogP contribution >= 0.6 is 11.6 Å². The molecule has 1 atom stereocenters. The summed E-state index contributed by atoms with van der Waals surface area (Å²) < 4.78 is 39.6. The quantitative estimate of drug-likeness (QED) is 0.880. The Balaban J connectivity index is 1.64. The van der Waals surface area contributed by atoms with Gasteiger partial charge < -0.3 is 10.2 Å². The fourth-order valence-electron chi connectivity index (χ4n) is 2.83. The van der Waals surface area contributed by atoms with Gasteiger partial charge in [-0.2, -0.15) is 0 Å². The Morgan fingerprint density at radius 2 is 1.85 bits per heavy atom. The van der Waals surface area contributed by atoms with E-state index in [-0.39, 0.29) is 36.0 Å². The van der Waals surface area contributed by atoms with Gasteiger partial charge in [0.25, 0.3) is 0 Å². The minimum atomic E-state index is -0.732. The fraction of sp³-hybridized carbons (Fsp3) is 0.222. The molecular formula is C18H14ClF3N2O2. The molecule has 1 fully saturated rings. The van der Waals surface area contributed by atoms with Gasteiger partial charge in [-0.15, -0.1) is 0 Å². The third-order valence-electron chi connectivity index (χ3n) is 4.10. The summed E-state index contributed by atoms with van der Waals surface area (Å²) in [6.07, 6.45) is -0.0155. The molecule has 1 saturated heterocycles. The molecule has 0 saturated carbocycles. The zero-order valence-electron chi connectivity index (χ0n) is 13.4. The number of hydrogen-bond donors (Lipinski definition) is 1. The van der Waals surface area contributed by atoms with Crippen LogP contribution in [0.4, 0.5) is 18.9 Å². The molecule has 0 aromatic heterocycles. The largest absolute Gasteiger partial charge is 0.352 e. The van der Waals surface area contributed by atoms with E-state index in [0.717, 1.165) is 24.3 Å². The first-order valence-electron chi connectivity index (χ1n) is 7.81. The molecule has 2 aromatic carbocycles. The van der Waals surface area contributed by atoms with E-state index in [0.29, 0.717) is 5.69 Å². The summed E-state index contributed by atoms with van der Waals surface area (Å²) in [5.74, 6) is -3.37. The van der Waals surface area contributed by atoms with Gasteiger partial charge in [0.2, 0.25) is 11.8 Å². The lowest BCUT2D eigenvalue weighted by molar-refractivity contribution is -0.126. The van der Waals surface area contributed by atoms with Crippen molar-refractivity contribution in [3.63, 3.8) is 0 Å². The van der Waals surface area contributed by atoms with Crippen LogP contribution in [-0.2, 0) is 16.1 Å². The van der Waals surface area contributed by atoms with Crippen LogP contribution in [0.3, 0.4) is 0 Å². The topological polar surface area (TPSA) is 49.4 Å². The second kappa shape index (κ2) is 7.37. The number of carbonyl (C=O) groups is 2. The molecule has 0 radical (unpaired) electrons. The Hall–Kier alpha value is -2.54. The molecule has 4 nitrogen and oxygen atoms in total. The van der Waals surface area contributed by atoms with Crippen LogP contribution in [-0.4, -0.2) is 18.4 Å². The van der Waals surface area contributed by atoms with Gasteiger partial charge in [-0.25, -0.2) is 13.2 Å². The molecule has 0 bridgehead atoms. The predicted octanol–water partition coefficient (Wildman–Crippen LogP) is 3.43. The number of rotatable bonds is 4. The Morgan fingerprint density at radius 1 is 1.15 bits per heavy atom. The molecule has 0 aliphatic carbocycles. The van der Waals surface area contributed by atoms with Crippen LogP contribution in [0.15, 0.2) is 36.4 Å². The zero-order chi connectivity index (χ0) is 18.8. The maximum Gasteiger partial charge on any atom is 0.227 e. The van der Waals surface area contributed by atoms with Crippen LogP contribution in [0, 0.1) is 23.4 Å². The second-order valence-electron chi connectivity index (χ2n) is 6.00. The number of carbonyl (C=O) groups excluding carboxylic acids is 2. The zero-order valence-corrected chi connectivity index (χ0v) is 14.2. The minimum Gasteiger partial charge on any atom is -0.352 e. The molecule has 26 heavy (non-hydrogen) atoms. The molecule has 2 amide bonds. The van der Waals surface area contributed by atoms with Gasteiger partial charge in [0.05, 0.1) is 10.9 Å². The molecule has 1 heterocycles. The third-order valence-corrected chi connectivity index (χ3v) is 4.39. The van der Waals surface area contributed by atoms with Crippen molar-refractivity contribution < 1.29 is 22.8 Å². The van der Waals surface area contributed by atoms with Crippen molar-refractivity contribution >= 4 is 29.1 Å². The molecule has 0 spiro atoms. The average molecular weight is 383 g/mol. The van der Waals surface area contributed by atoms with Crippen molar-refractivity contribution in [1.82, 2.24) is 5.32 Å².